The lowest BCUT2D eigenvalue weighted by atomic mass is 10.1. The first kappa shape index (κ1) is 20.9. The summed E-state index contributed by atoms with van der Waals surface area (Å²) in [5, 5.41) is 7.70. The largest absolute Gasteiger partial charge is 0.353 e. The molecule has 0 unspecified atom stereocenters. The van der Waals surface area contributed by atoms with E-state index < -0.39 is 0 Å². The highest BCUT2D eigenvalue weighted by molar-refractivity contribution is 5.94. The Bertz CT molecular complexity index is 1350. The Morgan fingerprint density at radius 3 is 2.82 bits per heavy atom. The van der Waals surface area contributed by atoms with Crippen molar-refractivity contribution in [1.29, 1.82) is 0 Å². The van der Waals surface area contributed by atoms with Crippen LogP contribution >= 0.6 is 0 Å². The number of para-hydroxylation sites is 1. The zero-order valence-corrected chi connectivity index (χ0v) is 19.0. The maximum atomic E-state index is 14.1. The fraction of sp³-hybridized carbons (Fsp3) is 0.308. The molecule has 0 bridgehead atoms. The topological polar surface area (TPSA) is 78.9 Å². The third-order valence-electron chi connectivity index (χ3n) is 6.46. The summed E-state index contributed by atoms with van der Waals surface area (Å²) in [4.78, 5) is 21.2. The van der Waals surface area contributed by atoms with E-state index in [1.165, 1.54) is 24.5 Å². The van der Waals surface area contributed by atoms with Gasteiger partial charge in [-0.1, -0.05) is 12.1 Å². The molecule has 0 amide bonds. The van der Waals surface area contributed by atoms with Crippen LogP contribution in [-0.4, -0.2) is 45.6 Å². The van der Waals surface area contributed by atoms with Gasteiger partial charge in [-0.25, -0.2) is 19.3 Å². The van der Waals surface area contributed by atoms with Gasteiger partial charge in [0, 0.05) is 49.0 Å². The molecule has 0 radical (unpaired) electrons. The molecule has 6 rings (SSSR count). The summed E-state index contributed by atoms with van der Waals surface area (Å²) < 4.78 is 14.1. The Kier molecular flexibility index (Phi) is 5.30. The number of hydrogen-bond donors (Lipinski definition) is 2. The van der Waals surface area contributed by atoms with E-state index >= 15 is 0 Å². The van der Waals surface area contributed by atoms with E-state index in [4.69, 9.17) is 9.97 Å². The molecular weight excluding hydrogens is 429 g/mol. The Labute approximate surface area is 197 Å². The van der Waals surface area contributed by atoms with E-state index in [-0.39, 0.29) is 5.82 Å². The number of nitrogens with zero attached hydrogens (tertiary/aromatic N) is 5. The third kappa shape index (κ3) is 4.05. The molecule has 7 nitrogen and oxygen atoms in total. The summed E-state index contributed by atoms with van der Waals surface area (Å²) in [5.41, 5.74) is 3.30. The zero-order chi connectivity index (χ0) is 23.1. The van der Waals surface area contributed by atoms with Gasteiger partial charge in [-0.3, -0.25) is 4.98 Å². The highest BCUT2D eigenvalue weighted by Crippen LogP contribution is 2.45. The number of nitrogens with one attached hydrogen (secondary N) is 2. The minimum Gasteiger partial charge on any atom is -0.353 e. The molecule has 8 heteroatoms. The summed E-state index contributed by atoms with van der Waals surface area (Å²) in [6.45, 7) is 4.88. The molecule has 2 fully saturated rings. The summed E-state index contributed by atoms with van der Waals surface area (Å²) in [7, 11) is 0. The van der Waals surface area contributed by atoms with Gasteiger partial charge in [0.15, 0.2) is 5.82 Å². The number of pyridine rings is 2. The highest BCUT2D eigenvalue weighted by atomic mass is 19.1. The number of aromatic nitrogens is 4. The van der Waals surface area contributed by atoms with Crippen LogP contribution in [0.25, 0.3) is 22.3 Å². The van der Waals surface area contributed by atoms with E-state index in [1.807, 2.05) is 24.5 Å². The Balaban J connectivity index is 1.45. The predicted octanol–water partition coefficient (Wildman–Crippen LogP) is 4.65. The number of piperazine rings is 1. The molecule has 2 N–H and O–H groups in total. The minimum absolute atomic E-state index is 0.328. The van der Waals surface area contributed by atoms with Crippen LogP contribution in [0.3, 0.4) is 0 Å². The van der Waals surface area contributed by atoms with Gasteiger partial charge in [0.2, 0.25) is 0 Å². The first-order valence-corrected chi connectivity index (χ1v) is 11.8. The molecule has 4 aromatic rings. The first-order valence-electron chi connectivity index (χ1n) is 11.8. The zero-order valence-electron chi connectivity index (χ0n) is 19.0. The van der Waals surface area contributed by atoms with Crippen LogP contribution in [0.15, 0.2) is 55.0 Å². The first-order chi connectivity index (χ1) is 16.7. The Morgan fingerprint density at radius 2 is 2.00 bits per heavy atom. The number of fused-ring (bicyclic) bond motifs is 1. The van der Waals surface area contributed by atoms with Crippen LogP contribution in [-0.2, 0) is 0 Å². The molecule has 1 aliphatic heterocycles. The van der Waals surface area contributed by atoms with E-state index in [1.54, 1.807) is 24.4 Å². The van der Waals surface area contributed by atoms with Crippen molar-refractivity contribution in [2.45, 2.75) is 31.7 Å². The summed E-state index contributed by atoms with van der Waals surface area (Å²) >= 11 is 0. The van der Waals surface area contributed by atoms with Gasteiger partial charge in [0.05, 0.1) is 17.4 Å². The van der Waals surface area contributed by atoms with Gasteiger partial charge in [-0.15, -0.1) is 0 Å². The van der Waals surface area contributed by atoms with Crippen molar-refractivity contribution in [2.75, 3.05) is 29.9 Å². The fourth-order valence-electron chi connectivity index (χ4n) is 4.61. The monoisotopic (exact) mass is 455 g/mol. The molecule has 1 aromatic carbocycles. The van der Waals surface area contributed by atoms with Gasteiger partial charge in [-0.05, 0) is 55.5 Å². The number of rotatable bonds is 5. The fourth-order valence-corrected chi connectivity index (χ4v) is 4.61. The summed E-state index contributed by atoms with van der Waals surface area (Å²) in [5.74, 6) is 2.33. The normalized spacial score (nSPS) is 18.3. The van der Waals surface area contributed by atoms with E-state index in [0.29, 0.717) is 29.3 Å². The Hall–Kier alpha value is -3.65. The maximum absolute atomic E-state index is 14.1. The van der Waals surface area contributed by atoms with Crippen molar-refractivity contribution in [3.05, 3.63) is 66.4 Å². The lowest BCUT2D eigenvalue weighted by molar-refractivity contribution is 0.483. The standard InChI is InChI=1S/C26H26FN7/c1-16-15-34(11-10-29-16)26-24-19(17-6-7-17)13-28-14-22(24)32-25(33-26)18-8-9-30-23(12-18)31-21-5-3-2-4-20(21)27/h2-5,8-9,12-14,16-17,29H,6-7,10-11,15H2,1H3,(H,30,31)/t16-/m0/s1. The molecule has 1 aliphatic carbocycles. The van der Waals surface area contributed by atoms with Gasteiger partial charge >= 0.3 is 0 Å². The molecule has 172 valence electrons. The second-order valence-electron chi connectivity index (χ2n) is 9.10. The number of halogens is 1. The molecule has 4 heterocycles. The van der Waals surface area contributed by atoms with Crippen LogP contribution in [0.1, 0.15) is 31.2 Å². The van der Waals surface area contributed by atoms with Crippen LogP contribution in [0.4, 0.5) is 21.7 Å². The highest BCUT2D eigenvalue weighted by Gasteiger charge is 2.30. The molecule has 1 saturated heterocycles. The van der Waals surface area contributed by atoms with Crippen LogP contribution in [0, 0.1) is 5.82 Å². The smallest absolute Gasteiger partial charge is 0.162 e. The minimum atomic E-state index is -0.328. The van der Waals surface area contributed by atoms with E-state index in [2.05, 4.69) is 32.4 Å². The van der Waals surface area contributed by atoms with Crippen LogP contribution in [0.2, 0.25) is 0 Å². The van der Waals surface area contributed by atoms with Crippen molar-refractivity contribution < 1.29 is 4.39 Å². The third-order valence-corrected chi connectivity index (χ3v) is 6.46. The second kappa shape index (κ2) is 8.61. The van der Waals surface area contributed by atoms with Crippen molar-refractivity contribution in [1.82, 2.24) is 25.3 Å². The molecule has 1 saturated carbocycles. The van der Waals surface area contributed by atoms with Crippen molar-refractivity contribution in [3.63, 3.8) is 0 Å². The quantitative estimate of drug-likeness (QED) is 0.454. The molecular formula is C26H26FN7. The molecule has 3 aromatic heterocycles. The lowest BCUT2D eigenvalue weighted by Gasteiger charge is -2.33. The molecule has 34 heavy (non-hydrogen) atoms. The van der Waals surface area contributed by atoms with Crippen LogP contribution in [0.5, 0.6) is 0 Å². The lowest BCUT2D eigenvalue weighted by Crippen LogP contribution is -2.49. The molecule has 2 aliphatic rings. The van der Waals surface area contributed by atoms with Gasteiger partial charge in [-0.2, -0.15) is 0 Å². The average molecular weight is 456 g/mol. The summed E-state index contributed by atoms with van der Waals surface area (Å²) in [6.07, 6.45) is 7.89. The molecule has 0 spiro atoms. The van der Waals surface area contributed by atoms with Gasteiger partial charge in [0.25, 0.3) is 0 Å². The predicted molar refractivity (Wildman–Crippen MR) is 132 cm³/mol. The second-order valence-corrected chi connectivity index (χ2v) is 9.10. The Morgan fingerprint density at radius 1 is 1.12 bits per heavy atom. The van der Waals surface area contributed by atoms with E-state index in [0.717, 1.165) is 41.9 Å². The average Bonchev–Trinajstić information content (AvgIpc) is 3.70. The van der Waals surface area contributed by atoms with Crippen molar-refractivity contribution in [3.8, 4) is 11.4 Å². The summed E-state index contributed by atoms with van der Waals surface area (Å²) in [6, 6.07) is 10.7. The maximum Gasteiger partial charge on any atom is 0.162 e. The van der Waals surface area contributed by atoms with Crippen molar-refractivity contribution >= 4 is 28.2 Å². The van der Waals surface area contributed by atoms with Gasteiger partial charge < -0.3 is 15.5 Å². The van der Waals surface area contributed by atoms with Crippen molar-refractivity contribution in [2.24, 2.45) is 0 Å². The number of benzene rings is 1. The number of anilines is 3. The van der Waals surface area contributed by atoms with Gasteiger partial charge in [0.1, 0.15) is 17.5 Å². The van der Waals surface area contributed by atoms with E-state index in [9.17, 15) is 4.39 Å². The SMILES string of the molecule is C[C@H]1CN(c2nc(-c3ccnc(Nc4ccccc4F)c3)nc3cncc(C4CC4)c23)CCN1. The molecule has 1 atom stereocenters. The number of hydrogen-bond acceptors (Lipinski definition) is 7. The van der Waals surface area contributed by atoms with Crippen LogP contribution < -0.4 is 15.5 Å².